The fourth-order valence-electron chi connectivity index (χ4n) is 2.81. The number of hydrogen-bond donors (Lipinski definition) is 1. The minimum Gasteiger partial charge on any atom is -0.342 e. The van der Waals surface area contributed by atoms with Gasteiger partial charge in [0.2, 0.25) is 11.8 Å². The van der Waals surface area contributed by atoms with Crippen LogP contribution in [0.4, 0.5) is 5.69 Å². The zero-order chi connectivity index (χ0) is 16.6. The van der Waals surface area contributed by atoms with E-state index < -0.39 is 15.1 Å². The van der Waals surface area contributed by atoms with E-state index in [2.05, 4.69) is 5.32 Å². The number of carbonyl (C=O) groups excluding carboxylic acids is 2. The van der Waals surface area contributed by atoms with Crippen LogP contribution in [0.15, 0.2) is 29.2 Å². The van der Waals surface area contributed by atoms with Crippen LogP contribution < -0.4 is 5.32 Å². The molecular formula is C15H18N2O4S2. The van der Waals surface area contributed by atoms with Crippen LogP contribution >= 0.6 is 11.8 Å². The average Bonchev–Trinajstić information content (AvgIpc) is 2.87. The lowest BCUT2D eigenvalue weighted by atomic mass is 10.2. The lowest BCUT2D eigenvalue weighted by Crippen LogP contribution is -2.41. The van der Waals surface area contributed by atoms with Crippen molar-refractivity contribution in [3.05, 3.63) is 24.3 Å². The summed E-state index contributed by atoms with van der Waals surface area (Å²) in [6.07, 6.45) is 0.537. The van der Waals surface area contributed by atoms with Gasteiger partial charge in [-0.1, -0.05) is 12.1 Å². The smallest absolute Gasteiger partial charge is 0.238 e. The van der Waals surface area contributed by atoms with E-state index >= 15 is 0 Å². The molecule has 2 aliphatic rings. The quantitative estimate of drug-likeness (QED) is 0.880. The Morgan fingerprint density at radius 2 is 2.13 bits per heavy atom. The van der Waals surface area contributed by atoms with Gasteiger partial charge in [0, 0.05) is 24.4 Å². The highest BCUT2D eigenvalue weighted by Crippen LogP contribution is 2.36. The molecule has 0 aromatic heterocycles. The molecule has 1 saturated heterocycles. The summed E-state index contributed by atoms with van der Waals surface area (Å²) in [4.78, 5) is 27.0. The number of fused-ring (bicyclic) bond motifs is 1. The average molecular weight is 354 g/mol. The second-order valence-electron chi connectivity index (χ2n) is 5.86. The van der Waals surface area contributed by atoms with Gasteiger partial charge in [-0.05, 0) is 18.6 Å². The van der Waals surface area contributed by atoms with E-state index in [-0.39, 0.29) is 35.8 Å². The SMILES string of the molecule is CN(C(=O)C[C@H]1Sc2ccccc2NC1=O)[C@@H]1CCS(=O)(=O)C1. The van der Waals surface area contributed by atoms with Crippen molar-refractivity contribution in [2.45, 2.75) is 29.0 Å². The fraction of sp³-hybridized carbons (Fsp3) is 0.467. The number of thioether (sulfide) groups is 1. The maximum absolute atomic E-state index is 12.4. The van der Waals surface area contributed by atoms with Crippen LogP contribution in [-0.4, -0.2) is 55.0 Å². The third-order valence-electron chi connectivity index (χ3n) is 4.22. The van der Waals surface area contributed by atoms with Crippen molar-refractivity contribution < 1.29 is 18.0 Å². The lowest BCUT2D eigenvalue weighted by molar-refractivity contribution is -0.132. The molecule has 1 N–H and O–H groups in total. The molecule has 2 atom stereocenters. The van der Waals surface area contributed by atoms with Crippen molar-refractivity contribution in [1.29, 1.82) is 0 Å². The van der Waals surface area contributed by atoms with Crippen molar-refractivity contribution >= 4 is 39.1 Å². The van der Waals surface area contributed by atoms with Gasteiger partial charge in [0.1, 0.15) is 0 Å². The highest BCUT2D eigenvalue weighted by molar-refractivity contribution is 8.01. The molecule has 2 aliphatic heterocycles. The summed E-state index contributed by atoms with van der Waals surface area (Å²) in [6.45, 7) is 0. The summed E-state index contributed by atoms with van der Waals surface area (Å²) in [5.41, 5.74) is 0.765. The Balaban J connectivity index is 1.65. The van der Waals surface area contributed by atoms with Gasteiger partial charge in [-0.25, -0.2) is 8.42 Å². The lowest BCUT2D eigenvalue weighted by Gasteiger charge is -2.27. The largest absolute Gasteiger partial charge is 0.342 e. The third-order valence-corrected chi connectivity index (χ3v) is 7.24. The first-order valence-electron chi connectivity index (χ1n) is 7.38. The molecule has 1 aromatic carbocycles. The summed E-state index contributed by atoms with van der Waals surface area (Å²) in [5, 5.41) is 2.32. The van der Waals surface area contributed by atoms with Gasteiger partial charge in [0.15, 0.2) is 9.84 Å². The second kappa shape index (κ2) is 6.16. The van der Waals surface area contributed by atoms with E-state index in [9.17, 15) is 18.0 Å². The number of nitrogens with one attached hydrogen (secondary N) is 1. The van der Waals surface area contributed by atoms with Crippen molar-refractivity contribution in [3.63, 3.8) is 0 Å². The maximum Gasteiger partial charge on any atom is 0.238 e. The minimum atomic E-state index is -3.04. The number of sulfone groups is 1. The van der Waals surface area contributed by atoms with Gasteiger partial charge < -0.3 is 10.2 Å². The monoisotopic (exact) mass is 354 g/mol. The molecule has 0 saturated carbocycles. The standard InChI is InChI=1S/C15H18N2O4S2/c1-17(10-6-7-23(20,21)9-10)14(18)8-13-15(19)16-11-4-2-3-5-12(11)22-13/h2-5,10,13H,6-9H2,1H3,(H,16,19)/t10-,13-/m1/s1. The first-order valence-corrected chi connectivity index (χ1v) is 10.1. The van der Waals surface area contributed by atoms with E-state index in [4.69, 9.17) is 0 Å². The molecule has 0 unspecified atom stereocenters. The normalized spacial score (nSPS) is 25.5. The molecule has 1 fully saturated rings. The summed E-state index contributed by atoms with van der Waals surface area (Å²) in [7, 11) is -1.42. The summed E-state index contributed by atoms with van der Waals surface area (Å²) in [5.74, 6) is -0.239. The van der Waals surface area contributed by atoms with Crippen molar-refractivity contribution in [3.8, 4) is 0 Å². The van der Waals surface area contributed by atoms with Crippen LogP contribution in [0.3, 0.4) is 0 Å². The maximum atomic E-state index is 12.4. The minimum absolute atomic E-state index is 0.0160. The molecule has 124 valence electrons. The molecular weight excluding hydrogens is 336 g/mol. The molecule has 6 nitrogen and oxygen atoms in total. The molecule has 8 heteroatoms. The van der Waals surface area contributed by atoms with Crippen LogP contribution in [0.2, 0.25) is 0 Å². The van der Waals surface area contributed by atoms with Gasteiger partial charge in [-0.15, -0.1) is 11.8 Å². The summed E-state index contributed by atoms with van der Waals surface area (Å²) >= 11 is 1.38. The van der Waals surface area contributed by atoms with E-state index in [0.717, 1.165) is 10.6 Å². The number of hydrogen-bond acceptors (Lipinski definition) is 5. The van der Waals surface area contributed by atoms with Crippen molar-refractivity contribution in [2.75, 3.05) is 23.9 Å². The predicted octanol–water partition coefficient (Wildman–Crippen LogP) is 1.14. The Kier molecular flexibility index (Phi) is 4.37. The number of carbonyl (C=O) groups is 2. The van der Waals surface area contributed by atoms with E-state index in [0.29, 0.717) is 6.42 Å². The third kappa shape index (κ3) is 3.53. The second-order valence-corrected chi connectivity index (χ2v) is 9.33. The highest BCUT2D eigenvalue weighted by Gasteiger charge is 2.35. The molecule has 2 heterocycles. The molecule has 1 aromatic rings. The van der Waals surface area contributed by atoms with Crippen LogP contribution in [0.5, 0.6) is 0 Å². The molecule has 3 rings (SSSR count). The van der Waals surface area contributed by atoms with Gasteiger partial charge in [0.25, 0.3) is 0 Å². The van der Waals surface area contributed by atoms with E-state index in [1.807, 2.05) is 24.3 Å². The van der Waals surface area contributed by atoms with Crippen LogP contribution in [-0.2, 0) is 19.4 Å². The Morgan fingerprint density at radius 1 is 1.39 bits per heavy atom. The van der Waals surface area contributed by atoms with Gasteiger partial charge in [-0.2, -0.15) is 0 Å². The molecule has 2 amide bonds. The van der Waals surface area contributed by atoms with Gasteiger partial charge >= 0.3 is 0 Å². The molecule has 0 bridgehead atoms. The van der Waals surface area contributed by atoms with E-state index in [1.165, 1.54) is 16.7 Å². The highest BCUT2D eigenvalue weighted by atomic mass is 32.2. The zero-order valence-electron chi connectivity index (χ0n) is 12.7. The topological polar surface area (TPSA) is 83.6 Å². The van der Waals surface area contributed by atoms with Crippen LogP contribution in [0.25, 0.3) is 0 Å². The van der Waals surface area contributed by atoms with Crippen molar-refractivity contribution in [2.24, 2.45) is 0 Å². The number of nitrogens with zero attached hydrogens (tertiary/aromatic N) is 1. The Hall–Kier alpha value is -1.54. The van der Waals surface area contributed by atoms with Crippen LogP contribution in [0, 0.1) is 0 Å². The molecule has 0 spiro atoms. The number of rotatable bonds is 3. The Bertz CT molecular complexity index is 748. The zero-order valence-corrected chi connectivity index (χ0v) is 14.3. The number of benzene rings is 1. The fourth-order valence-corrected chi connectivity index (χ4v) is 5.69. The van der Waals surface area contributed by atoms with Crippen molar-refractivity contribution in [1.82, 2.24) is 4.90 Å². The van der Waals surface area contributed by atoms with Gasteiger partial charge in [-0.3, -0.25) is 9.59 Å². The first kappa shape index (κ1) is 16.3. The number of para-hydroxylation sites is 1. The Labute approximate surface area is 139 Å². The molecule has 23 heavy (non-hydrogen) atoms. The number of amides is 2. The van der Waals surface area contributed by atoms with E-state index in [1.54, 1.807) is 7.05 Å². The predicted molar refractivity (Wildman–Crippen MR) is 89.2 cm³/mol. The Morgan fingerprint density at radius 3 is 2.83 bits per heavy atom. The summed E-state index contributed by atoms with van der Waals surface area (Å²) in [6, 6.07) is 7.19. The summed E-state index contributed by atoms with van der Waals surface area (Å²) < 4.78 is 23.1. The molecule has 0 radical (unpaired) electrons. The number of anilines is 1. The first-order chi connectivity index (χ1) is 10.9. The molecule has 0 aliphatic carbocycles. The van der Waals surface area contributed by atoms with Gasteiger partial charge in [0.05, 0.1) is 22.4 Å². The van der Waals surface area contributed by atoms with Crippen LogP contribution in [0.1, 0.15) is 12.8 Å².